The Morgan fingerprint density at radius 1 is 1.23 bits per heavy atom. The van der Waals surface area contributed by atoms with Gasteiger partial charge in [0.1, 0.15) is 0 Å². The Hall–Kier alpha value is -1.30. The molecule has 2 fully saturated rings. The van der Waals surface area contributed by atoms with E-state index in [1.54, 1.807) is 0 Å². The van der Waals surface area contributed by atoms with Gasteiger partial charge in [-0.2, -0.15) is 0 Å². The van der Waals surface area contributed by atoms with E-state index in [0.29, 0.717) is 12.8 Å². The van der Waals surface area contributed by atoms with Gasteiger partial charge in [0.25, 0.3) is 0 Å². The Morgan fingerprint density at radius 3 is 3.05 bits per heavy atom. The summed E-state index contributed by atoms with van der Waals surface area (Å²) < 4.78 is 22.7. The van der Waals surface area contributed by atoms with E-state index < -0.39 is 0 Å². The topological polar surface area (TPSA) is 40.2 Å². The van der Waals surface area contributed by atoms with Gasteiger partial charge in [0, 0.05) is 25.7 Å². The fraction of sp³-hybridized carbons (Fsp3) is 0.647. The van der Waals surface area contributed by atoms with E-state index >= 15 is 0 Å². The molecule has 1 saturated heterocycles. The van der Waals surface area contributed by atoms with Crippen molar-refractivity contribution in [3.8, 4) is 11.5 Å². The second-order valence-electron chi connectivity index (χ2n) is 6.13. The highest BCUT2D eigenvalue weighted by Crippen LogP contribution is 2.35. The molecular formula is C17H23NO4. The third kappa shape index (κ3) is 2.57. The average Bonchev–Trinajstić information content (AvgIpc) is 3.15. The lowest BCUT2D eigenvalue weighted by Crippen LogP contribution is -2.51. The van der Waals surface area contributed by atoms with Crippen molar-refractivity contribution in [2.24, 2.45) is 0 Å². The quantitative estimate of drug-likeness (QED) is 0.853. The van der Waals surface area contributed by atoms with Crippen molar-refractivity contribution in [1.29, 1.82) is 0 Å². The first-order chi connectivity index (χ1) is 10.8. The molecule has 2 heterocycles. The van der Waals surface area contributed by atoms with Crippen LogP contribution in [0, 0.1) is 0 Å². The number of ether oxygens (including phenoxy) is 4. The summed E-state index contributed by atoms with van der Waals surface area (Å²) in [5.41, 5.74) is 1.27. The van der Waals surface area contributed by atoms with Gasteiger partial charge in [-0.1, -0.05) is 6.07 Å². The van der Waals surface area contributed by atoms with Crippen LogP contribution in [0.1, 0.15) is 25.3 Å². The highest BCUT2D eigenvalue weighted by atomic mass is 16.7. The zero-order chi connectivity index (χ0) is 14.9. The minimum absolute atomic E-state index is 0.225. The molecule has 4 rings (SSSR count). The van der Waals surface area contributed by atoms with Crippen molar-refractivity contribution in [2.75, 3.05) is 26.6 Å². The van der Waals surface area contributed by atoms with Gasteiger partial charge in [-0.05, 0) is 37.5 Å². The van der Waals surface area contributed by atoms with Crippen LogP contribution in [0.3, 0.4) is 0 Å². The first kappa shape index (κ1) is 14.3. The maximum Gasteiger partial charge on any atom is 0.231 e. The van der Waals surface area contributed by atoms with Gasteiger partial charge in [-0.15, -0.1) is 0 Å². The van der Waals surface area contributed by atoms with E-state index in [4.69, 9.17) is 18.9 Å². The standard InChI is InChI=1S/C17H23NO4/c1-2-19-15-6-4-13-17(15)20-8-7-18(13)10-12-3-5-14-16(9-12)22-11-21-14/h3,5,9,13,15,17H,2,4,6-8,10-11H2,1H3/t13-,15-,17-/m1/s1. The molecule has 0 amide bonds. The van der Waals surface area contributed by atoms with E-state index in [-0.39, 0.29) is 12.2 Å². The van der Waals surface area contributed by atoms with Gasteiger partial charge in [-0.3, -0.25) is 4.90 Å². The molecule has 0 N–H and O–H groups in total. The van der Waals surface area contributed by atoms with Gasteiger partial charge in [0.15, 0.2) is 11.5 Å². The van der Waals surface area contributed by atoms with Crippen molar-refractivity contribution in [3.05, 3.63) is 23.8 Å². The van der Waals surface area contributed by atoms with Crippen LogP contribution in [0.25, 0.3) is 0 Å². The zero-order valence-electron chi connectivity index (χ0n) is 13.0. The summed E-state index contributed by atoms with van der Waals surface area (Å²) in [6, 6.07) is 6.71. The molecule has 2 aliphatic heterocycles. The van der Waals surface area contributed by atoms with Crippen molar-refractivity contribution in [1.82, 2.24) is 4.90 Å². The smallest absolute Gasteiger partial charge is 0.231 e. The molecule has 0 bridgehead atoms. The minimum atomic E-state index is 0.225. The van der Waals surface area contributed by atoms with E-state index in [9.17, 15) is 0 Å². The molecule has 0 radical (unpaired) electrons. The Kier molecular flexibility index (Phi) is 3.94. The normalized spacial score (nSPS) is 30.5. The number of benzene rings is 1. The first-order valence-corrected chi connectivity index (χ1v) is 8.21. The number of nitrogens with zero attached hydrogens (tertiary/aromatic N) is 1. The fourth-order valence-electron chi connectivity index (χ4n) is 3.85. The molecule has 3 aliphatic rings. The summed E-state index contributed by atoms with van der Waals surface area (Å²) in [4.78, 5) is 2.53. The molecule has 120 valence electrons. The van der Waals surface area contributed by atoms with Gasteiger partial charge >= 0.3 is 0 Å². The molecule has 5 heteroatoms. The minimum Gasteiger partial charge on any atom is -0.454 e. The maximum absolute atomic E-state index is 6.00. The molecule has 0 aromatic heterocycles. The van der Waals surface area contributed by atoms with Crippen LogP contribution in [0.5, 0.6) is 11.5 Å². The lowest BCUT2D eigenvalue weighted by atomic mass is 10.1. The molecule has 1 aromatic carbocycles. The highest BCUT2D eigenvalue weighted by Gasteiger charge is 2.43. The monoisotopic (exact) mass is 305 g/mol. The van der Waals surface area contributed by atoms with Gasteiger partial charge in [0.05, 0.1) is 18.8 Å². The molecule has 22 heavy (non-hydrogen) atoms. The third-order valence-electron chi connectivity index (χ3n) is 4.85. The number of hydrogen-bond acceptors (Lipinski definition) is 5. The third-order valence-corrected chi connectivity index (χ3v) is 4.85. The average molecular weight is 305 g/mol. The molecule has 0 spiro atoms. The van der Waals surface area contributed by atoms with Crippen LogP contribution in [-0.2, 0) is 16.0 Å². The summed E-state index contributed by atoms with van der Waals surface area (Å²) in [6.45, 7) is 5.85. The molecule has 1 saturated carbocycles. The SMILES string of the molecule is CCO[C@@H]1CC[C@@H]2[C@H]1OCCN2Cc1ccc2c(c1)OCO2. The molecular weight excluding hydrogens is 282 g/mol. The number of morpholine rings is 1. The molecule has 0 unspecified atom stereocenters. The van der Waals surface area contributed by atoms with Crippen molar-refractivity contribution in [2.45, 2.75) is 44.6 Å². The van der Waals surface area contributed by atoms with E-state index in [0.717, 1.165) is 50.6 Å². The predicted octanol–water partition coefficient (Wildman–Crippen LogP) is 2.18. The van der Waals surface area contributed by atoms with Gasteiger partial charge in [0.2, 0.25) is 6.79 Å². The van der Waals surface area contributed by atoms with Crippen molar-refractivity contribution in [3.63, 3.8) is 0 Å². The second kappa shape index (κ2) is 6.07. The van der Waals surface area contributed by atoms with Crippen LogP contribution >= 0.6 is 0 Å². The predicted molar refractivity (Wildman–Crippen MR) is 81.2 cm³/mol. The second-order valence-corrected chi connectivity index (χ2v) is 6.13. The van der Waals surface area contributed by atoms with Crippen LogP contribution in [0.2, 0.25) is 0 Å². The molecule has 5 nitrogen and oxygen atoms in total. The Morgan fingerprint density at radius 2 is 2.14 bits per heavy atom. The lowest BCUT2D eigenvalue weighted by Gasteiger charge is -2.39. The first-order valence-electron chi connectivity index (χ1n) is 8.21. The summed E-state index contributed by atoms with van der Waals surface area (Å²) >= 11 is 0. The Bertz CT molecular complexity index is 535. The summed E-state index contributed by atoms with van der Waals surface area (Å²) in [7, 11) is 0. The Labute approximate surface area is 131 Å². The number of hydrogen-bond donors (Lipinski definition) is 0. The number of rotatable bonds is 4. The fourth-order valence-corrected chi connectivity index (χ4v) is 3.85. The van der Waals surface area contributed by atoms with E-state index in [2.05, 4.69) is 24.0 Å². The summed E-state index contributed by atoms with van der Waals surface area (Å²) in [5.74, 6) is 1.71. The van der Waals surface area contributed by atoms with Gasteiger partial charge < -0.3 is 18.9 Å². The van der Waals surface area contributed by atoms with Crippen molar-refractivity contribution < 1.29 is 18.9 Å². The van der Waals surface area contributed by atoms with Crippen LogP contribution in [0.15, 0.2) is 18.2 Å². The van der Waals surface area contributed by atoms with Crippen LogP contribution in [-0.4, -0.2) is 49.7 Å². The lowest BCUT2D eigenvalue weighted by molar-refractivity contribution is -0.113. The summed E-state index contributed by atoms with van der Waals surface area (Å²) in [5, 5.41) is 0. The van der Waals surface area contributed by atoms with Crippen LogP contribution < -0.4 is 9.47 Å². The van der Waals surface area contributed by atoms with E-state index in [1.165, 1.54) is 5.56 Å². The van der Waals surface area contributed by atoms with Crippen molar-refractivity contribution >= 4 is 0 Å². The zero-order valence-corrected chi connectivity index (χ0v) is 13.0. The maximum atomic E-state index is 6.00. The summed E-state index contributed by atoms with van der Waals surface area (Å²) in [6.07, 6.45) is 2.73. The van der Waals surface area contributed by atoms with Crippen LogP contribution in [0.4, 0.5) is 0 Å². The van der Waals surface area contributed by atoms with E-state index in [1.807, 2.05) is 6.07 Å². The molecule has 1 aromatic rings. The molecule has 1 aliphatic carbocycles. The Balaban J connectivity index is 1.46. The highest BCUT2D eigenvalue weighted by molar-refractivity contribution is 5.44. The number of fused-ring (bicyclic) bond motifs is 2. The molecule has 3 atom stereocenters. The largest absolute Gasteiger partial charge is 0.454 e. The van der Waals surface area contributed by atoms with Gasteiger partial charge in [-0.25, -0.2) is 0 Å².